The van der Waals surface area contributed by atoms with E-state index in [-0.39, 0.29) is 17.9 Å². The van der Waals surface area contributed by atoms with Gasteiger partial charge in [0.1, 0.15) is 0 Å². The van der Waals surface area contributed by atoms with Crippen LogP contribution in [0.1, 0.15) is 32.3 Å². The largest absolute Gasteiger partial charge is 0.349 e. The van der Waals surface area contributed by atoms with Gasteiger partial charge in [0.05, 0.1) is 12.6 Å². The van der Waals surface area contributed by atoms with E-state index in [0.29, 0.717) is 6.61 Å². The lowest BCUT2D eigenvalue weighted by molar-refractivity contribution is -0.157. The summed E-state index contributed by atoms with van der Waals surface area (Å²) in [5.74, 6) is 0.348. The number of piperidine rings is 1. The molecule has 96 valence electrons. The van der Waals surface area contributed by atoms with Crippen LogP contribution in [-0.2, 0) is 15.3 Å². The summed E-state index contributed by atoms with van der Waals surface area (Å²) in [5, 5.41) is 0. The SMILES string of the molecule is C[C@@H]1CC[C@H]2CO[C@@](C)(c3ccccc3)N2C1=O. The predicted octanol–water partition coefficient (Wildman–Crippen LogP) is 2.52. The molecule has 2 heterocycles. The molecule has 1 aromatic rings. The van der Waals surface area contributed by atoms with Crippen LogP contribution in [0.4, 0.5) is 0 Å². The Kier molecular flexibility index (Phi) is 2.67. The molecule has 1 amide bonds. The minimum absolute atomic E-state index is 0.117. The van der Waals surface area contributed by atoms with E-state index in [0.717, 1.165) is 18.4 Å². The first-order valence-electron chi connectivity index (χ1n) is 6.65. The van der Waals surface area contributed by atoms with E-state index in [4.69, 9.17) is 4.74 Å². The van der Waals surface area contributed by atoms with Gasteiger partial charge >= 0.3 is 0 Å². The Labute approximate surface area is 108 Å². The van der Waals surface area contributed by atoms with Crippen molar-refractivity contribution < 1.29 is 9.53 Å². The molecular weight excluding hydrogens is 226 g/mol. The topological polar surface area (TPSA) is 29.5 Å². The maximum absolute atomic E-state index is 12.4. The number of benzene rings is 1. The zero-order chi connectivity index (χ0) is 12.8. The Bertz CT molecular complexity index is 459. The van der Waals surface area contributed by atoms with Crippen molar-refractivity contribution in [2.75, 3.05) is 6.61 Å². The first-order valence-corrected chi connectivity index (χ1v) is 6.65. The van der Waals surface area contributed by atoms with E-state index in [1.54, 1.807) is 0 Å². The molecule has 3 atom stereocenters. The third kappa shape index (κ3) is 1.57. The molecule has 0 saturated carbocycles. The Morgan fingerprint density at radius 3 is 2.72 bits per heavy atom. The van der Waals surface area contributed by atoms with Crippen LogP contribution in [0.15, 0.2) is 30.3 Å². The van der Waals surface area contributed by atoms with Crippen LogP contribution in [-0.4, -0.2) is 23.5 Å². The second kappa shape index (κ2) is 4.09. The zero-order valence-electron chi connectivity index (χ0n) is 10.9. The van der Waals surface area contributed by atoms with Crippen LogP contribution in [0.3, 0.4) is 0 Å². The van der Waals surface area contributed by atoms with E-state index in [1.807, 2.05) is 49.1 Å². The van der Waals surface area contributed by atoms with Crippen LogP contribution in [0.2, 0.25) is 0 Å². The van der Waals surface area contributed by atoms with Gasteiger partial charge in [-0.15, -0.1) is 0 Å². The van der Waals surface area contributed by atoms with Gasteiger partial charge in [0.25, 0.3) is 0 Å². The highest BCUT2D eigenvalue weighted by Gasteiger charge is 2.50. The molecule has 2 aliphatic rings. The van der Waals surface area contributed by atoms with Crippen molar-refractivity contribution in [3.8, 4) is 0 Å². The van der Waals surface area contributed by atoms with Gasteiger partial charge in [-0.2, -0.15) is 0 Å². The molecule has 0 radical (unpaired) electrons. The van der Waals surface area contributed by atoms with Crippen molar-refractivity contribution in [2.45, 2.75) is 38.5 Å². The van der Waals surface area contributed by atoms with Gasteiger partial charge in [-0.05, 0) is 19.8 Å². The first-order chi connectivity index (χ1) is 8.63. The van der Waals surface area contributed by atoms with Crippen molar-refractivity contribution in [3.63, 3.8) is 0 Å². The predicted molar refractivity (Wildman–Crippen MR) is 68.8 cm³/mol. The number of rotatable bonds is 1. The van der Waals surface area contributed by atoms with E-state index in [9.17, 15) is 4.79 Å². The average Bonchev–Trinajstić information content (AvgIpc) is 2.75. The highest BCUT2D eigenvalue weighted by atomic mass is 16.5. The van der Waals surface area contributed by atoms with Gasteiger partial charge in [-0.1, -0.05) is 37.3 Å². The summed E-state index contributed by atoms with van der Waals surface area (Å²) in [6.45, 7) is 4.68. The summed E-state index contributed by atoms with van der Waals surface area (Å²) >= 11 is 0. The molecule has 0 N–H and O–H groups in total. The van der Waals surface area contributed by atoms with Crippen molar-refractivity contribution in [2.24, 2.45) is 5.92 Å². The Balaban J connectivity index is 2.00. The van der Waals surface area contributed by atoms with Gasteiger partial charge in [0.15, 0.2) is 5.72 Å². The summed E-state index contributed by atoms with van der Waals surface area (Å²) in [4.78, 5) is 14.4. The van der Waals surface area contributed by atoms with Crippen LogP contribution < -0.4 is 0 Å². The molecule has 2 saturated heterocycles. The minimum atomic E-state index is -0.586. The van der Waals surface area contributed by atoms with E-state index >= 15 is 0 Å². The highest BCUT2D eigenvalue weighted by molar-refractivity contribution is 5.80. The van der Waals surface area contributed by atoms with Crippen molar-refractivity contribution in [1.82, 2.24) is 4.90 Å². The fourth-order valence-corrected chi connectivity index (χ4v) is 3.13. The van der Waals surface area contributed by atoms with Crippen LogP contribution in [0, 0.1) is 5.92 Å². The van der Waals surface area contributed by atoms with E-state index in [2.05, 4.69) is 0 Å². The lowest BCUT2D eigenvalue weighted by Gasteiger charge is -2.41. The molecule has 18 heavy (non-hydrogen) atoms. The number of hydrogen-bond acceptors (Lipinski definition) is 2. The number of carbonyl (C=O) groups is 1. The fourth-order valence-electron chi connectivity index (χ4n) is 3.13. The first kappa shape index (κ1) is 11.7. The second-order valence-electron chi connectivity index (χ2n) is 5.50. The number of fused-ring (bicyclic) bond motifs is 1. The normalized spacial score (nSPS) is 35.7. The maximum atomic E-state index is 12.4. The number of carbonyl (C=O) groups excluding carboxylic acids is 1. The monoisotopic (exact) mass is 245 g/mol. The summed E-state index contributed by atoms with van der Waals surface area (Å²) in [6.07, 6.45) is 2.03. The maximum Gasteiger partial charge on any atom is 0.228 e. The van der Waals surface area contributed by atoms with E-state index in [1.165, 1.54) is 0 Å². The Hall–Kier alpha value is -1.35. The molecular formula is C15H19NO2. The summed E-state index contributed by atoms with van der Waals surface area (Å²) < 4.78 is 6.00. The number of amides is 1. The smallest absolute Gasteiger partial charge is 0.228 e. The van der Waals surface area contributed by atoms with Gasteiger partial charge < -0.3 is 9.64 Å². The summed E-state index contributed by atoms with van der Waals surface area (Å²) in [5.41, 5.74) is 0.479. The van der Waals surface area contributed by atoms with Crippen molar-refractivity contribution in [1.29, 1.82) is 0 Å². The molecule has 0 unspecified atom stereocenters. The van der Waals surface area contributed by atoms with Gasteiger partial charge in [-0.25, -0.2) is 0 Å². The molecule has 1 aromatic carbocycles. The lowest BCUT2D eigenvalue weighted by atomic mass is 9.91. The molecule has 2 fully saturated rings. The highest BCUT2D eigenvalue weighted by Crippen LogP contribution is 2.42. The Morgan fingerprint density at radius 1 is 1.28 bits per heavy atom. The molecule has 3 nitrogen and oxygen atoms in total. The Morgan fingerprint density at radius 2 is 2.00 bits per heavy atom. The second-order valence-corrected chi connectivity index (χ2v) is 5.50. The standard InChI is InChI=1S/C15H19NO2/c1-11-8-9-13-10-18-15(2,16(13)14(11)17)12-6-4-3-5-7-12/h3-7,11,13H,8-10H2,1-2H3/t11-,13+,15+/m1/s1. The van der Waals surface area contributed by atoms with Gasteiger partial charge in [-0.3, -0.25) is 4.79 Å². The van der Waals surface area contributed by atoms with Crippen molar-refractivity contribution in [3.05, 3.63) is 35.9 Å². The third-order valence-electron chi connectivity index (χ3n) is 4.28. The average molecular weight is 245 g/mol. The molecule has 3 heteroatoms. The van der Waals surface area contributed by atoms with Crippen molar-refractivity contribution >= 4 is 5.91 Å². The molecule has 2 aliphatic heterocycles. The minimum Gasteiger partial charge on any atom is -0.349 e. The van der Waals surface area contributed by atoms with Crippen LogP contribution in [0.5, 0.6) is 0 Å². The van der Waals surface area contributed by atoms with Gasteiger partial charge in [0.2, 0.25) is 5.91 Å². The summed E-state index contributed by atoms with van der Waals surface area (Å²) in [7, 11) is 0. The molecule has 0 spiro atoms. The zero-order valence-corrected chi connectivity index (χ0v) is 10.9. The third-order valence-corrected chi connectivity index (χ3v) is 4.28. The fraction of sp³-hybridized carbons (Fsp3) is 0.533. The number of nitrogens with zero attached hydrogens (tertiary/aromatic N) is 1. The van der Waals surface area contributed by atoms with Crippen LogP contribution in [0.25, 0.3) is 0 Å². The molecule has 0 aromatic heterocycles. The van der Waals surface area contributed by atoms with Gasteiger partial charge in [0, 0.05) is 11.5 Å². The quantitative estimate of drug-likeness (QED) is 0.761. The van der Waals surface area contributed by atoms with Crippen LogP contribution >= 0.6 is 0 Å². The molecule has 3 rings (SSSR count). The number of ether oxygens (including phenoxy) is 1. The molecule has 0 bridgehead atoms. The molecule has 0 aliphatic carbocycles. The number of hydrogen-bond donors (Lipinski definition) is 0. The summed E-state index contributed by atoms with van der Waals surface area (Å²) in [6, 6.07) is 10.3. The lowest BCUT2D eigenvalue weighted by Crippen LogP contribution is -2.52. The van der Waals surface area contributed by atoms with E-state index < -0.39 is 5.72 Å².